The van der Waals surface area contributed by atoms with E-state index in [1.54, 1.807) is 9.80 Å². The molecule has 7 nitrogen and oxygen atoms in total. The minimum absolute atomic E-state index is 0.000465. The van der Waals surface area contributed by atoms with Crippen LogP contribution < -0.4 is 0 Å². The third-order valence-electron chi connectivity index (χ3n) is 4.42. The van der Waals surface area contributed by atoms with Gasteiger partial charge in [0.15, 0.2) is 0 Å². The number of likely N-dealkylation sites (tertiary alicyclic amines) is 1. The summed E-state index contributed by atoms with van der Waals surface area (Å²) in [5.41, 5.74) is 0.967. The minimum atomic E-state index is -0.282. The number of hydrogen-bond donors (Lipinski definition) is 0. The molecule has 2 saturated heterocycles. The summed E-state index contributed by atoms with van der Waals surface area (Å²) >= 11 is 1.43. The van der Waals surface area contributed by atoms with E-state index in [-0.39, 0.29) is 43.0 Å². The van der Waals surface area contributed by atoms with Gasteiger partial charge in [-0.1, -0.05) is 0 Å². The highest BCUT2D eigenvalue weighted by molar-refractivity contribution is 7.12. The predicted molar refractivity (Wildman–Crippen MR) is 87.5 cm³/mol. The number of thiophene rings is 1. The van der Waals surface area contributed by atoms with Crippen LogP contribution in [0.15, 0.2) is 11.4 Å². The van der Waals surface area contributed by atoms with E-state index in [0.29, 0.717) is 26.2 Å². The molecule has 2 aliphatic heterocycles. The summed E-state index contributed by atoms with van der Waals surface area (Å²) in [6.45, 7) is 3.49. The lowest BCUT2D eigenvalue weighted by Crippen LogP contribution is -2.53. The van der Waals surface area contributed by atoms with Crippen molar-refractivity contribution in [3.63, 3.8) is 0 Å². The number of imide groups is 1. The van der Waals surface area contributed by atoms with E-state index in [9.17, 15) is 19.2 Å². The lowest BCUT2D eigenvalue weighted by molar-refractivity contribution is -0.146. The van der Waals surface area contributed by atoms with E-state index in [1.807, 2.05) is 18.4 Å². The molecule has 1 aromatic rings. The topological polar surface area (TPSA) is 78.0 Å². The van der Waals surface area contributed by atoms with Crippen molar-refractivity contribution in [1.29, 1.82) is 0 Å². The van der Waals surface area contributed by atoms with Gasteiger partial charge in [-0.25, -0.2) is 0 Å². The molecule has 0 aliphatic carbocycles. The van der Waals surface area contributed by atoms with Crippen LogP contribution in [-0.4, -0.2) is 71.1 Å². The van der Waals surface area contributed by atoms with Gasteiger partial charge in [0.05, 0.1) is 4.88 Å². The number of nitrogens with zero attached hydrogens (tertiary/aromatic N) is 3. The highest BCUT2D eigenvalue weighted by atomic mass is 32.1. The second-order valence-corrected chi connectivity index (χ2v) is 6.90. The first-order chi connectivity index (χ1) is 11.5. The van der Waals surface area contributed by atoms with Crippen molar-refractivity contribution in [2.24, 2.45) is 0 Å². The van der Waals surface area contributed by atoms with Gasteiger partial charge >= 0.3 is 0 Å². The number of piperazine rings is 1. The van der Waals surface area contributed by atoms with E-state index in [0.717, 1.165) is 15.3 Å². The SMILES string of the molecule is Cc1ccsc1C(=O)N1CCN(C(=O)CN2C(=O)CCC2=O)CC1. The monoisotopic (exact) mass is 349 g/mol. The number of amides is 4. The molecule has 0 unspecified atom stereocenters. The van der Waals surface area contributed by atoms with Gasteiger partial charge in [0, 0.05) is 39.0 Å². The van der Waals surface area contributed by atoms with E-state index < -0.39 is 0 Å². The standard InChI is InChI=1S/C16H19N3O4S/c1-11-4-9-24-15(11)16(23)18-7-5-17(6-8-18)14(22)10-19-12(20)2-3-13(19)21/h4,9H,2-3,5-8,10H2,1H3. The fourth-order valence-electron chi connectivity index (χ4n) is 2.93. The van der Waals surface area contributed by atoms with Crippen LogP contribution in [0.25, 0.3) is 0 Å². The van der Waals surface area contributed by atoms with Gasteiger partial charge in [0.25, 0.3) is 5.91 Å². The molecule has 2 fully saturated rings. The van der Waals surface area contributed by atoms with Crippen molar-refractivity contribution in [3.8, 4) is 0 Å². The quantitative estimate of drug-likeness (QED) is 0.744. The number of rotatable bonds is 3. The summed E-state index contributed by atoms with van der Waals surface area (Å²) in [5, 5.41) is 1.90. The van der Waals surface area contributed by atoms with Crippen molar-refractivity contribution < 1.29 is 19.2 Å². The molecule has 8 heteroatoms. The number of hydrogen-bond acceptors (Lipinski definition) is 5. The Hall–Kier alpha value is -2.22. The summed E-state index contributed by atoms with van der Waals surface area (Å²) < 4.78 is 0. The molecule has 2 aliphatic rings. The molecule has 0 bridgehead atoms. The van der Waals surface area contributed by atoms with Crippen molar-refractivity contribution >= 4 is 35.0 Å². The lowest BCUT2D eigenvalue weighted by Gasteiger charge is -2.35. The van der Waals surface area contributed by atoms with Gasteiger partial charge < -0.3 is 9.80 Å². The molecule has 3 heterocycles. The Kier molecular flexibility index (Phi) is 4.66. The van der Waals surface area contributed by atoms with E-state index >= 15 is 0 Å². The number of carbonyl (C=O) groups is 4. The molecule has 0 radical (unpaired) electrons. The minimum Gasteiger partial charge on any atom is -0.338 e. The van der Waals surface area contributed by atoms with Gasteiger partial charge in [0.1, 0.15) is 6.54 Å². The van der Waals surface area contributed by atoms with Gasteiger partial charge in [-0.2, -0.15) is 0 Å². The van der Waals surface area contributed by atoms with Crippen molar-refractivity contribution in [3.05, 3.63) is 21.9 Å². The zero-order chi connectivity index (χ0) is 17.3. The second kappa shape index (κ2) is 6.72. The van der Waals surface area contributed by atoms with Crippen molar-refractivity contribution in [1.82, 2.24) is 14.7 Å². The first kappa shape index (κ1) is 16.6. The molecular weight excluding hydrogens is 330 g/mol. The third kappa shape index (κ3) is 3.19. The average Bonchev–Trinajstić information content (AvgIpc) is 3.14. The van der Waals surface area contributed by atoms with E-state index in [2.05, 4.69) is 0 Å². The molecule has 128 valence electrons. The zero-order valence-corrected chi connectivity index (χ0v) is 14.3. The lowest BCUT2D eigenvalue weighted by atomic mass is 10.2. The summed E-state index contributed by atoms with van der Waals surface area (Å²) in [7, 11) is 0. The van der Waals surface area contributed by atoms with Crippen LogP contribution in [0.4, 0.5) is 0 Å². The molecule has 4 amide bonds. The highest BCUT2D eigenvalue weighted by Crippen LogP contribution is 2.19. The molecule has 0 N–H and O–H groups in total. The largest absolute Gasteiger partial charge is 0.338 e. The van der Waals surface area contributed by atoms with Gasteiger partial charge in [-0.15, -0.1) is 11.3 Å². The van der Waals surface area contributed by atoms with Crippen LogP contribution in [0.2, 0.25) is 0 Å². The molecular formula is C16H19N3O4S. The van der Waals surface area contributed by atoms with Crippen LogP contribution in [0, 0.1) is 6.92 Å². The molecule has 0 spiro atoms. The maximum Gasteiger partial charge on any atom is 0.264 e. The Morgan fingerprint density at radius 1 is 1.04 bits per heavy atom. The van der Waals surface area contributed by atoms with Crippen LogP contribution in [-0.2, 0) is 14.4 Å². The van der Waals surface area contributed by atoms with Crippen LogP contribution in [0.3, 0.4) is 0 Å². The Labute approximate surface area is 143 Å². The summed E-state index contributed by atoms with van der Waals surface area (Å²) in [5.74, 6) is -0.803. The maximum absolute atomic E-state index is 12.5. The fourth-order valence-corrected chi connectivity index (χ4v) is 3.82. The third-order valence-corrected chi connectivity index (χ3v) is 5.43. The second-order valence-electron chi connectivity index (χ2n) is 5.98. The fraction of sp³-hybridized carbons (Fsp3) is 0.500. The van der Waals surface area contributed by atoms with Crippen molar-refractivity contribution in [2.75, 3.05) is 32.7 Å². The smallest absolute Gasteiger partial charge is 0.264 e. The van der Waals surface area contributed by atoms with E-state index in [4.69, 9.17) is 0 Å². The maximum atomic E-state index is 12.5. The molecule has 24 heavy (non-hydrogen) atoms. The summed E-state index contributed by atoms with van der Waals surface area (Å²) in [6, 6.07) is 1.92. The Morgan fingerprint density at radius 3 is 2.17 bits per heavy atom. The molecule has 1 aromatic heterocycles. The highest BCUT2D eigenvalue weighted by Gasteiger charge is 2.33. The molecule has 0 aromatic carbocycles. The zero-order valence-electron chi connectivity index (χ0n) is 13.5. The van der Waals surface area contributed by atoms with E-state index in [1.165, 1.54) is 11.3 Å². The molecule has 0 saturated carbocycles. The van der Waals surface area contributed by atoms with Crippen LogP contribution in [0.1, 0.15) is 28.1 Å². The van der Waals surface area contributed by atoms with Gasteiger partial charge in [-0.3, -0.25) is 24.1 Å². The number of aryl methyl sites for hydroxylation is 1. The summed E-state index contributed by atoms with van der Waals surface area (Å²) in [4.78, 5) is 53.1. The molecule has 3 rings (SSSR count). The van der Waals surface area contributed by atoms with Gasteiger partial charge in [-0.05, 0) is 23.9 Å². The first-order valence-corrected chi connectivity index (χ1v) is 8.79. The van der Waals surface area contributed by atoms with Crippen molar-refractivity contribution in [2.45, 2.75) is 19.8 Å². The summed E-state index contributed by atoms with van der Waals surface area (Å²) in [6.07, 6.45) is 0.378. The Morgan fingerprint density at radius 2 is 1.62 bits per heavy atom. The normalized spacial score (nSPS) is 18.5. The van der Waals surface area contributed by atoms with Gasteiger partial charge in [0.2, 0.25) is 17.7 Å². The average molecular weight is 349 g/mol. The van der Waals surface area contributed by atoms with Crippen LogP contribution >= 0.6 is 11.3 Å². The number of carbonyl (C=O) groups excluding carboxylic acids is 4. The van der Waals surface area contributed by atoms with Crippen LogP contribution in [0.5, 0.6) is 0 Å². The Bertz CT molecular complexity index is 675. The molecule has 0 atom stereocenters. The Balaban J connectivity index is 1.54. The first-order valence-electron chi connectivity index (χ1n) is 7.91. The predicted octanol–water partition coefficient (Wildman–Crippen LogP) is 0.490.